The quantitative estimate of drug-likeness (QED) is 0.0450. The van der Waals surface area contributed by atoms with Crippen LogP contribution in [0.4, 0.5) is 8.78 Å². The van der Waals surface area contributed by atoms with Crippen molar-refractivity contribution in [3.05, 3.63) is 109 Å². The molecular weight excluding hydrogens is 759 g/mol. The van der Waals surface area contributed by atoms with Crippen molar-refractivity contribution in [3.63, 3.8) is 0 Å². The van der Waals surface area contributed by atoms with Gasteiger partial charge in [0.15, 0.2) is 0 Å². The van der Waals surface area contributed by atoms with E-state index in [2.05, 4.69) is 102 Å². The van der Waals surface area contributed by atoms with Crippen molar-refractivity contribution in [3.8, 4) is 0 Å². The standard InChI is InChI=1S/C49H73F2NP2Si2/c1-8-14-34-55(35-15-9-2,36-16-10-3)44-28-24-26-42(40-44)53(52(7)54(48-32-22-20-30-46(48)50)49-33-23-21-31-47(49)51)43-27-25-29-45(41-43)56(37-17-11-4,38-18-12-5)39-19-13-6/h20-33,40-41H,8-19,34-39H2,1-7H3. The summed E-state index contributed by atoms with van der Waals surface area (Å²) in [5, 5.41) is 7.01. The largest absolute Gasteiger partial charge is 0.248 e. The highest BCUT2D eigenvalue weighted by molar-refractivity contribution is 7.84. The van der Waals surface area contributed by atoms with E-state index < -0.39 is 32.3 Å². The van der Waals surface area contributed by atoms with E-state index in [1.165, 1.54) is 124 Å². The van der Waals surface area contributed by atoms with Crippen LogP contribution in [0.3, 0.4) is 0 Å². The van der Waals surface area contributed by atoms with Crippen LogP contribution < -0.4 is 31.6 Å². The van der Waals surface area contributed by atoms with E-state index in [4.69, 9.17) is 0 Å². The molecule has 0 N–H and O–H groups in total. The van der Waals surface area contributed by atoms with Gasteiger partial charge in [-0.1, -0.05) is 238 Å². The van der Waals surface area contributed by atoms with Crippen LogP contribution in [0.5, 0.6) is 0 Å². The first-order valence-corrected chi connectivity index (χ1v) is 30.1. The molecule has 0 unspecified atom stereocenters. The topological polar surface area (TPSA) is 3.24 Å². The van der Waals surface area contributed by atoms with Crippen LogP contribution in [0.2, 0.25) is 36.3 Å². The molecule has 0 fully saturated rings. The van der Waals surface area contributed by atoms with E-state index >= 15 is 8.78 Å². The summed E-state index contributed by atoms with van der Waals surface area (Å²) < 4.78 is 34.7. The number of rotatable bonds is 26. The summed E-state index contributed by atoms with van der Waals surface area (Å²) in [5.41, 5.74) is 0. The minimum atomic E-state index is -1.82. The number of hydrogen-bond acceptors (Lipinski definition) is 1. The first-order valence-electron chi connectivity index (χ1n) is 22.3. The summed E-state index contributed by atoms with van der Waals surface area (Å²) in [5.74, 6) is -0.525. The van der Waals surface area contributed by atoms with Gasteiger partial charge in [0.2, 0.25) is 0 Å². The zero-order valence-corrected chi connectivity index (χ0v) is 39.9. The minimum Gasteiger partial charge on any atom is -0.248 e. The van der Waals surface area contributed by atoms with Crippen molar-refractivity contribution in [1.82, 2.24) is 4.44 Å². The Labute approximate surface area is 346 Å². The second-order valence-corrected chi connectivity index (χ2v) is 30.3. The molecule has 0 aliphatic rings. The van der Waals surface area contributed by atoms with Gasteiger partial charge < -0.3 is 0 Å². The molecule has 0 bridgehead atoms. The molecular formula is C49H73F2NP2Si2. The Kier molecular flexibility index (Phi) is 20.1. The number of benzene rings is 4. The Morgan fingerprint density at radius 1 is 0.429 bits per heavy atom. The normalized spacial score (nSPS) is 12.4. The molecule has 0 heterocycles. The number of halogens is 2. The Bertz CT molecular complexity index is 1570. The van der Waals surface area contributed by atoms with Gasteiger partial charge in [0, 0.05) is 26.8 Å². The first kappa shape index (κ1) is 46.7. The van der Waals surface area contributed by atoms with Crippen molar-refractivity contribution in [2.45, 2.75) is 155 Å². The van der Waals surface area contributed by atoms with Crippen LogP contribution in [-0.2, 0) is 0 Å². The molecule has 0 spiro atoms. The van der Waals surface area contributed by atoms with Gasteiger partial charge in [-0.15, -0.1) is 0 Å². The van der Waals surface area contributed by atoms with Crippen molar-refractivity contribution in [2.75, 3.05) is 7.05 Å². The molecule has 0 aliphatic carbocycles. The maximum absolute atomic E-state index is 16.1. The predicted molar refractivity (Wildman–Crippen MR) is 255 cm³/mol. The third-order valence-corrected chi connectivity index (χ3v) is 28.5. The maximum Gasteiger partial charge on any atom is 0.132 e. The van der Waals surface area contributed by atoms with Crippen LogP contribution in [0.15, 0.2) is 97.1 Å². The van der Waals surface area contributed by atoms with Gasteiger partial charge in [-0.05, 0) is 41.9 Å². The van der Waals surface area contributed by atoms with Gasteiger partial charge in [0.25, 0.3) is 0 Å². The average Bonchev–Trinajstić information content (AvgIpc) is 3.22. The molecule has 7 heteroatoms. The van der Waals surface area contributed by atoms with Crippen LogP contribution >= 0.6 is 16.1 Å². The van der Waals surface area contributed by atoms with E-state index in [1.807, 2.05) is 24.3 Å². The Morgan fingerprint density at radius 3 is 1.05 bits per heavy atom. The zero-order valence-electron chi connectivity index (χ0n) is 36.1. The predicted octanol–water partition coefficient (Wildman–Crippen LogP) is 13.4. The minimum absolute atomic E-state index is 0.263. The van der Waals surface area contributed by atoms with E-state index in [0.717, 1.165) is 0 Å². The second-order valence-electron chi connectivity index (χ2n) is 16.3. The van der Waals surface area contributed by atoms with Gasteiger partial charge in [0.1, 0.15) is 11.6 Å². The number of hydrogen-bond donors (Lipinski definition) is 0. The van der Waals surface area contributed by atoms with Crippen LogP contribution in [0, 0.1) is 11.6 Å². The molecule has 0 amide bonds. The lowest BCUT2D eigenvalue weighted by molar-refractivity contribution is 0.633. The fourth-order valence-corrected chi connectivity index (χ4v) is 26.1. The van der Waals surface area contributed by atoms with E-state index in [0.29, 0.717) is 10.6 Å². The average molecular weight is 832 g/mol. The van der Waals surface area contributed by atoms with Crippen molar-refractivity contribution < 1.29 is 8.78 Å². The molecule has 4 aromatic carbocycles. The zero-order chi connectivity index (χ0) is 40.4. The molecule has 1 nitrogen and oxygen atoms in total. The van der Waals surface area contributed by atoms with Crippen LogP contribution in [-0.4, -0.2) is 27.6 Å². The fourth-order valence-electron chi connectivity index (χ4n) is 8.90. The Hall–Kier alpha value is -2.01. The third-order valence-electron chi connectivity index (χ3n) is 12.2. The van der Waals surface area contributed by atoms with E-state index in [1.54, 1.807) is 34.6 Å². The van der Waals surface area contributed by atoms with Gasteiger partial charge in [-0.2, -0.15) is 0 Å². The van der Waals surface area contributed by atoms with Gasteiger partial charge >= 0.3 is 0 Å². The fraction of sp³-hybridized carbons (Fsp3) is 0.510. The summed E-state index contributed by atoms with van der Waals surface area (Å²) in [6.45, 7) is 14.1. The maximum atomic E-state index is 16.1. The summed E-state index contributed by atoms with van der Waals surface area (Å²) in [6, 6.07) is 41.8. The lowest BCUT2D eigenvalue weighted by atomic mass is 10.3. The van der Waals surface area contributed by atoms with Crippen molar-refractivity contribution in [2.24, 2.45) is 0 Å². The number of unbranched alkanes of at least 4 members (excludes halogenated alkanes) is 6. The van der Waals surface area contributed by atoms with Crippen molar-refractivity contribution in [1.29, 1.82) is 0 Å². The molecule has 4 aromatic rings. The lowest BCUT2D eigenvalue weighted by Gasteiger charge is -2.39. The van der Waals surface area contributed by atoms with Gasteiger partial charge in [-0.3, -0.25) is 0 Å². The molecule has 0 aliphatic heterocycles. The first-order chi connectivity index (χ1) is 27.2. The van der Waals surface area contributed by atoms with Crippen molar-refractivity contribution >= 4 is 63.9 Å². The molecule has 0 saturated heterocycles. The van der Waals surface area contributed by atoms with E-state index in [9.17, 15) is 0 Å². The van der Waals surface area contributed by atoms with Gasteiger partial charge in [0.05, 0.1) is 16.1 Å². The third kappa shape index (κ3) is 12.0. The molecule has 306 valence electrons. The summed E-state index contributed by atoms with van der Waals surface area (Å²) in [6.07, 6.45) is 15.1. The highest BCUT2D eigenvalue weighted by atomic mass is 31.2. The van der Waals surface area contributed by atoms with Crippen LogP contribution in [0.1, 0.15) is 119 Å². The monoisotopic (exact) mass is 831 g/mol. The highest BCUT2D eigenvalue weighted by Crippen LogP contribution is 2.53. The molecule has 56 heavy (non-hydrogen) atoms. The lowest BCUT2D eigenvalue weighted by Crippen LogP contribution is -2.49. The van der Waals surface area contributed by atoms with Crippen LogP contribution in [0.25, 0.3) is 0 Å². The van der Waals surface area contributed by atoms with E-state index in [-0.39, 0.29) is 11.6 Å². The molecule has 0 atom stereocenters. The highest BCUT2D eigenvalue weighted by Gasteiger charge is 2.38. The summed E-state index contributed by atoms with van der Waals surface area (Å²) in [7, 11) is -4.17. The molecule has 4 rings (SSSR count). The molecule has 0 radical (unpaired) electrons. The second kappa shape index (κ2) is 24.2. The Balaban J connectivity index is 2.04. The Morgan fingerprint density at radius 2 is 0.750 bits per heavy atom. The summed E-state index contributed by atoms with van der Waals surface area (Å²) >= 11 is 0. The number of nitrogens with zero attached hydrogens (tertiary/aromatic N) is 1. The molecule has 0 saturated carbocycles. The molecule has 0 aromatic heterocycles. The smallest absolute Gasteiger partial charge is 0.132 e. The SMILES string of the molecule is CCCC[Si](CCCC)(CCCC)c1cccc(P(c2cccc([Si](CCCC)(CCCC)CCCC)c2)N(C)P(c2ccccc2F)c2ccccc2F)c1. The summed E-state index contributed by atoms with van der Waals surface area (Å²) in [4.78, 5) is 0. The van der Waals surface area contributed by atoms with Gasteiger partial charge in [-0.25, -0.2) is 13.2 Å².